The SMILES string of the molecule is CC(C)n1c(CCC(O)CC(O)CC(=O)O)c(-c2ccc(F)cc2)c(-c2ccccc2)c1C(=O)NCc1ccc(OC(F)(F)F)cc1. The van der Waals surface area contributed by atoms with E-state index >= 15 is 0 Å². The molecule has 0 aliphatic heterocycles. The van der Waals surface area contributed by atoms with Crippen molar-refractivity contribution >= 4 is 11.9 Å². The normalized spacial score (nSPS) is 13.0. The molecule has 0 radical (unpaired) electrons. The van der Waals surface area contributed by atoms with E-state index in [0.717, 1.165) is 12.1 Å². The molecule has 0 bridgehead atoms. The zero-order chi connectivity index (χ0) is 34.3. The van der Waals surface area contributed by atoms with Crippen LogP contribution in [0, 0.1) is 5.82 Å². The smallest absolute Gasteiger partial charge is 0.481 e. The van der Waals surface area contributed by atoms with Crippen molar-refractivity contribution in [2.24, 2.45) is 0 Å². The first kappa shape index (κ1) is 35.2. The van der Waals surface area contributed by atoms with E-state index in [-0.39, 0.29) is 43.3 Å². The number of aliphatic carboxylic acids is 1. The average Bonchev–Trinajstić information content (AvgIpc) is 3.34. The Bertz CT molecular complexity index is 1650. The molecule has 0 aliphatic rings. The highest BCUT2D eigenvalue weighted by Crippen LogP contribution is 2.42. The van der Waals surface area contributed by atoms with Gasteiger partial charge in [0, 0.05) is 29.4 Å². The van der Waals surface area contributed by atoms with Gasteiger partial charge >= 0.3 is 12.3 Å². The summed E-state index contributed by atoms with van der Waals surface area (Å²) in [5.41, 5.74) is 4.00. The Morgan fingerprint density at radius 2 is 1.49 bits per heavy atom. The van der Waals surface area contributed by atoms with Gasteiger partial charge in [0.2, 0.25) is 0 Å². The predicted octanol–water partition coefficient (Wildman–Crippen LogP) is 6.89. The molecule has 47 heavy (non-hydrogen) atoms. The van der Waals surface area contributed by atoms with Gasteiger partial charge in [-0.15, -0.1) is 13.2 Å². The number of carboxylic acids is 1. The number of halogens is 4. The largest absolute Gasteiger partial charge is 0.573 e. The molecular weight excluding hydrogens is 620 g/mol. The average molecular weight is 657 g/mol. The number of hydrogen-bond donors (Lipinski definition) is 4. The second-order valence-electron chi connectivity index (χ2n) is 11.4. The second kappa shape index (κ2) is 15.3. The first-order valence-electron chi connectivity index (χ1n) is 15.0. The Morgan fingerprint density at radius 1 is 0.872 bits per heavy atom. The minimum Gasteiger partial charge on any atom is -0.481 e. The van der Waals surface area contributed by atoms with E-state index in [4.69, 9.17) is 5.11 Å². The summed E-state index contributed by atoms with van der Waals surface area (Å²) >= 11 is 0. The van der Waals surface area contributed by atoms with Crippen LogP contribution in [0.2, 0.25) is 0 Å². The molecule has 0 saturated heterocycles. The fraction of sp³-hybridized carbons (Fsp3) is 0.314. The molecule has 0 aliphatic carbocycles. The number of hydrogen-bond acceptors (Lipinski definition) is 5. The molecule has 8 nitrogen and oxygen atoms in total. The van der Waals surface area contributed by atoms with Gasteiger partial charge < -0.3 is 29.9 Å². The van der Waals surface area contributed by atoms with Crippen LogP contribution in [-0.2, 0) is 17.8 Å². The molecule has 4 aromatic rings. The van der Waals surface area contributed by atoms with Gasteiger partial charge in [-0.1, -0.05) is 54.6 Å². The van der Waals surface area contributed by atoms with E-state index in [1.54, 1.807) is 12.1 Å². The zero-order valence-electron chi connectivity index (χ0n) is 25.8. The summed E-state index contributed by atoms with van der Waals surface area (Å²) < 4.78 is 57.6. The van der Waals surface area contributed by atoms with Crippen LogP contribution < -0.4 is 10.1 Å². The van der Waals surface area contributed by atoms with Gasteiger partial charge in [0.05, 0.1) is 18.6 Å². The summed E-state index contributed by atoms with van der Waals surface area (Å²) in [6, 6.07) is 19.8. The lowest BCUT2D eigenvalue weighted by Gasteiger charge is -2.20. The number of benzene rings is 3. The van der Waals surface area contributed by atoms with Gasteiger partial charge in [-0.2, -0.15) is 0 Å². The lowest BCUT2D eigenvalue weighted by atomic mass is 9.92. The van der Waals surface area contributed by atoms with Crippen molar-refractivity contribution in [1.29, 1.82) is 0 Å². The molecule has 4 rings (SSSR count). The monoisotopic (exact) mass is 656 g/mol. The number of nitrogens with zero attached hydrogens (tertiary/aromatic N) is 1. The molecule has 250 valence electrons. The molecule has 12 heteroatoms. The van der Waals surface area contributed by atoms with E-state index in [1.807, 2.05) is 48.7 Å². The fourth-order valence-corrected chi connectivity index (χ4v) is 5.59. The van der Waals surface area contributed by atoms with Crippen LogP contribution in [0.1, 0.15) is 60.9 Å². The van der Waals surface area contributed by atoms with Gasteiger partial charge in [0.1, 0.15) is 17.3 Å². The van der Waals surface area contributed by atoms with Crippen molar-refractivity contribution in [3.63, 3.8) is 0 Å². The summed E-state index contributed by atoms with van der Waals surface area (Å²) in [6.45, 7) is 3.76. The number of ether oxygens (including phenoxy) is 1. The van der Waals surface area contributed by atoms with Crippen LogP contribution in [0.15, 0.2) is 78.9 Å². The Hall–Kier alpha value is -4.68. The number of aliphatic hydroxyl groups is 2. The van der Waals surface area contributed by atoms with E-state index in [1.165, 1.54) is 24.3 Å². The van der Waals surface area contributed by atoms with Gasteiger partial charge in [-0.05, 0) is 74.1 Å². The summed E-state index contributed by atoms with van der Waals surface area (Å²) in [6.07, 6.45) is -7.45. The molecule has 2 atom stereocenters. The van der Waals surface area contributed by atoms with Crippen LogP contribution >= 0.6 is 0 Å². The summed E-state index contributed by atoms with van der Waals surface area (Å²) in [4.78, 5) is 25.1. The third-order valence-corrected chi connectivity index (χ3v) is 7.51. The Balaban J connectivity index is 1.78. The molecule has 0 spiro atoms. The predicted molar refractivity (Wildman–Crippen MR) is 167 cm³/mol. The number of aliphatic hydroxyl groups excluding tert-OH is 2. The number of amides is 1. The number of nitrogens with one attached hydrogen (secondary N) is 1. The van der Waals surface area contributed by atoms with E-state index in [0.29, 0.717) is 33.5 Å². The molecule has 2 unspecified atom stereocenters. The number of alkyl halides is 3. The Kier molecular flexibility index (Phi) is 11.4. The van der Waals surface area contributed by atoms with Gasteiger partial charge in [0.25, 0.3) is 5.91 Å². The second-order valence-corrected chi connectivity index (χ2v) is 11.4. The van der Waals surface area contributed by atoms with Crippen LogP contribution in [0.3, 0.4) is 0 Å². The standard InChI is InChI=1S/C35H36F4N2O6/c1-21(2)41-29(17-14-26(42)18-27(43)19-30(44)45)31(24-10-12-25(36)13-11-24)32(23-6-4-3-5-7-23)33(41)34(46)40-20-22-8-15-28(16-9-22)47-35(37,38)39/h3-13,15-16,21,26-27,42-43H,14,17-20H2,1-2H3,(H,40,46)(H,44,45). The highest BCUT2D eigenvalue weighted by molar-refractivity contribution is 6.05. The summed E-state index contributed by atoms with van der Waals surface area (Å²) in [5, 5.41) is 32.7. The maximum absolute atomic E-state index is 14.1. The molecule has 1 heterocycles. The number of rotatable bonds is 14. The Morgan fingerprint density at radius 3 is 2.06 bits per heavy atom. The molecule has 3 aromatic carbocycles. The highest BCUT2D eigenvalue weighted by Gasteiger charge is 2.32. The van der Waals surface area contributed by atoms with Crippen LogP contribution in [0.5, 0.6) is 5.75 Å². The van der Waals surface area contributed by atoms with Gasteiger partial charge in [0.15, 0.2) is 0 Å². The molecular formula is C35H36F4N2O6. The number of carboxylic acid groups (broad SMARTS) is 1. The third-order valence-electron chi connectivity index (χ3n) is 7.51. The minimum atomic E-state index is -4.83. The maximum Gasteiger partial charge on any atom is 0.573 e. The number of carbonyl (C=O) groups is 2. The van der Waals surface area contributed by atoms with Crippen LogP contribution in [0.25, 0.3) is 22.3 Å². The molecule has 0 saturated carbocycles. The summed E-state index contributed by atoms with van der Waals surface area (Å²) in [5.74, 6) is -2.50. The fourth-order valence-electron chi connectivity index (χ4n) is 5.59. The number of aromatic nitrogens is 1. The van der Waals surface area contributed by atoms with Crippen LogP contribution in [-0.4, -0.2) is 50.3 Å². The van der Waals surface area contributed by atoms with E-state index in [2.05, 4.69) is 10.1 Å². The van der Waals surface area contributed by atoms with Gasteiger partial charge in [-0.3, -0.25) is 9.59 Å². The molecule has 1 aromatic heterocycles. The lowest BCUT2D eigenvalue weighted by molar-refractivity contribution is -0.274. The van der Waals surface area contributed by atoms with E-state index in [9.17, 15) is 37.4 Å². The topological polar surface area (TPSA) is 121 Å². The zero-order valence-corrected chi connectivity index (χ0v) is 25.8. The molecule has 1 amide bonds. The van der Waals surface area contributed by atoms with Crippen LogP contribution in [0.4, 0.5) is 17.6 Å². The van der Waals surface area contributed by atoms with Crippen molar-refractivity contribution in [3.05, 3.63) is 102 Å². The van der Waals surface area contributed by atoms with E-state index < -0.39 is 42.7 Å². The van der Waals surface area contributed by atoms with Crippen molar-refractivity contribution < 1.29 is 47.2 Å². The molecule has 4 N–H and O–H groups in total. The van der Waals surface area contributed by atoms with Crippen molar-refractivity contribution in [3.8, 4) is 28.0 Å². The van der Waals surface area contributed by atoms with Crippen molar-refractivity contribution in [2.45, 2.75) is 70.7 Å². The minimum absolute atomic E-state index is 0.00989. The van der Waals surface area contributed by atoms with Crippen molar-refractivity contribution in [2.75, 3.05) is 0 Å². The summed E-state index contributed by atoms with van der Waals surface area (Å²) in [7, 11) is 0. The first-order valence-corrected chi connectivity index (χ1v) is 15.0. The van der Waals surface area contributed by atoms with Gasteiger partial charge in [-0.25, -0.2) is 4.39 Å². The Labute approximate surface area is 269 Å². The highest BCUT2D eigenvalue weighted by atomic mass is 19.4. The third kappa shape index (κ3) is 9.43. The first-order chi connectivity index (χ1) is 22.2. The molecule has 0 fully saturated rings. The quantitative estimate of drug-likeness (QED) is 0.110. The lowest BCUT2D eigenvalue weighted by Crippen LogP contribution is -2.27. The van der Waals surface area contributed by atoms with Crippen molar-refractivity contribution in [1.82, 2.24) is 9.88 Å². The maximum atomic E-state index is 14.1. The number of carbonyl (C=O) groups excluding carboxylic acids is 1.